The van der Waals surface area contributed by atoms with Crippen molar-refractivity contribution < 1.29 is 9.59 Å². The van der Waals surface area contributed by atoms with Gasteiger partial charge in [-0.1, -0.05) is 60.2 Å². The zero-order chi connectivity index (χ0) is 23.0. The highest BCUT2D eigenvalue weighted by Gasteiger charge is 2.14. The Balaban J connectivity index is 1.38. The number of anilines is 2. The monoisotopic (exact) mass is 454 g/mol. The molecule has 0 saturated heterocycles. The van der Waals surface area contributed by atoms with Crippen LogP contribution in [0.1, 0.15) is 15.9 Å². The van der Waals surface area contributed by atoms with Crippen LogP contribution < -0.4 is 10.6 Å². The summed E-state index contributed by atoms with van der Waals surface area (Å²) in [4.78, 5) is 34.6. The number of thioether (sulfide) groups is 1. The summed E-state index contributed by atoms with van der Waals surface area (Å²) < 4.78 is 0. The smallest absolute Gasteiger partial charge is 0.256 e. The first-order chi connectivity index (χ1) is 16.1. The lowest BCUT2D eigenvalue weighted by Crippen LogP contribution is -2.16. The minimum absolute atomic E-state index is 0.135. The molecule has 3 aromatic carbocycles. The molecule has 4 aromatic rings. The zero-order valence-corrected chi connectivity index (χ0v) is 18.8. The standard InChI is InChI=1S/C26H22N4O2S/c1-18-11-13-20(14-12-18)29-24(31)17-33-23-10-6-5-9-22(23)26(32)30-21-15-27-25(28-16-21)19-7-3-2-4-8-19/h2-16H,17H2,1H3,(H,29,31)(H,30,32). The van der Waals surface area contributed by atoms with Gasteiger partial charge in [0.2, 0.25) is 5.91 Å². The van der Waals surface area contributed by atoms with E-state index < -0.39 is 0 Å². The maximum Gasteiger partial charge on any atom is 0.256 e. The Hall–Kier alpha value is -3.97. The van der Waals surface area contributed by atoms with Crippen LogP contribution in [-0.2, 0) is 4.79 Å². The van der Waals surface area contributed by atoms with Crippen LogP contribution >= 0.6 is 11.8 Å². The van der Waals surface area contributed by atoms with Gasteiger partial charge in [0.05, 0.1) is 29.4 Å². The van der Waals surface area contributed by atoms with Crippen LogP contribution in [0.4, 0.5) is 11.4 Å². The van der Waals surface area contributed by atoms with Crippen molar-refractivity contribution in [3.63, 3.8) is 0 Å². The van der Waals surface area contributed by atoms with Crippen LogP contribution in [0.2, 0.25) is 0 Å². The number of carbonyl (C=O) groups is 2. The Morgan fingerprint density at radius 2 is 1.45 bits per heavy atom. The highest BCUT2D eigenvalue weighted by molar-refractivity contribution is 8.00. The van der Waals surface area contributed by atoms with E-state index in [4.69, 9.17) is 0 Å². The zero-order valence-electron chi connectivity index (χ0n) is 18.0. The number of aryl methyl sites for hydroxylation is 1. The lowest BCUT2D eigenvalue weighted by atomic mass is 10.2. The molecule has 6 nitrogen and oxygen atoms in total. The Labute approximate surface area is 196 Å². The molecule has 0 bridgehead atoms. The quantitative estimate of drug-likeness (QED) is 0.364. The van der Waals surface area contributed by atoms with Crippen molar-refractivity contribution in [3.8, 4) is 11.4 Å². The molecule has 0 spiro atoms. The highest BCUT2D eigenvalue weighted by Crippen LogP contribution is 2.24. The lowest BCUT2D eigenvalue weighted by molar-refractivity contribution is -0.113. The SMILES string of the molecule is Cc1ccc(NC(=O)CSc2ccccc2C(=O)Nc2cnc(-c3ccccc3)nc2)cc1. The van der Waals surface area contributed by atoms with Gasteiger partial charge in [-0.15, -0.1) is 11.8 Å². The third-order valence-corrected chi connectivity index (χ3v) is 5.84. The van der Waals surface area contributed by atoms with Crippen molar-refractivity contribution in [1.29, 1.82) is 0 Å². The van der Waals surface area contributed by atoms with Crippen LogP contribution in [-0.4, -0.2) is 27.5 Å². The van der Waals surface area contributed by atoms with Crippen molar-refractivity contribution in [2.24, 2.45) is 0 Å². The second-order valence-electron chi connectivity index (χ2n) is 7.31. The van der Waals surface area contributed by atoms with Crippen LogP contribution in [0, 0.1) is 6.92 Å². The number of aromatic nitrogens is 2. The number of amides is 2. The molecule has 2 N–H and O–H groups in total. The Kier molecular flexibility index (Phi) is 7.12. The largest absolute Gasteiger partial charge is 0.325 e. The molecule has 0 atom stereocenters. The topological polar surface area (TPSA) is 84.0 Å². The van der Waals surface area contributed by atoms with Gasteiger partial charge in [0, 0.05) is 16.1 Å². The molecule has 0 aliphatic heterocycles. The molecule has 0 unspecified atom stereocenters. The number of carbonyl (C=O) groups excluding carboxylic acids is 2. The molecular formula is C26H22N4O2S. The van der Waals surface area contributed by atoms with Gasteiger partial charge in [0.25, 0.3) is 5.91 Å². The highest BCUT2D eigenvalue weighted by atomic mass is 32.2. The maximum absolute atomic E-state index is 12.9. The summed E-state index contributed by atoms with van der Waals surface area (Å²) in [5, 5.41) is 5.70. The molecule has 164 valence electrons. The van der Waals surface area contributed by atoms with E-state index in [1.54, 1.807) is 24.5 Å². The number of nitrogens with zero attached hydrogens (tertiary/aromatic N) is 2. The van der Waals surface area contributed by atoms with Crippen molar-refractivity contribution in [3.05, 3.63) is 102 Å². The Morgan fingerprint density at radius 1 is 0.788 bits per heavy atom. The molecule has 0 radical (unpaired) electrons. The fourth-order valence-electron chi connectivity index (χ4n) is 3.08. The van der Waals surface area contributed by atoms with E-state index >= 15 is 0 Å². The summed E-state index contributed by atoms with van der Waals surface area (Å²) in [6.07, 6.45) is 3.16. The van der Waals surface area contributed by atoms with E-state index in [2.05, 4.69) is 20.6 Å². The van der Waals surface area contributed by atoms with Crippen LogP contribution in [0.5, 0.6) is 0 Å². The number of hydrogen-bond acceptors (Lipinski definition) is 5. The van der Waals surface area contributed by atoms with Gasteiger partial charge in [-0.2, -0.15) is 0 Å². The molecule has 0 saturated carbocycles. The first kappa shape index (κ1) is 22.2. The molecule has 7 heteroatoms. The molecule has 1 heterocycles. The summed E-state index contributed by atoms with van der Waals surface area (Å²) in [6, 6.07) is 24.4. The van der Waals surface area contributed by atoms with E-state index in [9.17, 15) is 9.59 Å². The van der Waals surface area contributed by atoms with Crippen molar-refractivity contribution in [2.45, 2.75) is 11.8 Å². The molecule has 1 aromatic heterocycles. The van der Waals surface area contributed by atoms with E-state index in [-0.39, 0.29) is 17.6 Å². The van der Waals surface area contributed by atoms with E-state index in [0.717, 1.165) is 21.7 Å². The fraction of sp³-hybridized carbons (Fsp3) is 0.0769. The third kappa shape index (κ3) is 6.05. The van der Waals surface area contributed by atoms with E-state index in [1.807, 2.05) is 73.7 Å². The lowest BCUT2D eigenvalue weighted by Gasteiger charge is -2.10. The molecule has 2 amide bonds. The molecular weight excluding hydrogens is 432 g/mol. The summed E-state index contributed by atoms with van der Waals surface area (Å²) in [6.45, 7) is 1.99. The summed E-state index contributed by atoms with van der Waals surface area (Å²) in [5.41, 5.74) is 3.76. The van der Waals surface area contributed by atoms with Crippen LogP contribution in [0.15, 0.2) is 96.2 Å². The first-order valence-corrected chi connectivity index (χ1v) is 11.3. The molecule has 33 heavy (non-hydrogen) atoms. The van der Waals surface area contributed by atoms with Crippen LogP contribution in [0.3, 0.4) is 0 Å². The molecule has 0 aliphatic carbocycles. The van der Waals surface area contributed by atoms with Gasteiger partial charge in [0.15, 0.2) is 5.82 Å². The second-order valence-corrected chi connectivity index (χ2v) is 8.33. The van der Waals surface area contributed by atoms with E-state index in [0.29, 0.717) is 17.1 Å². The predicted octanol–water partition coefficient (Wildman–Crippen LogP) is 5.44. The minimum atomic E-state index is -0.284. The summed E-state index contributed by atoms with van der Waals surface area (Å²) in [5.74, 6) is 0.355. The normalized spacial score (nSPS) is 10.5. The van der Waals surface area contributed by atoms with Crippen molar-refractivity contribution in [1.82, 2.24) is 9.97 Å². The maximum atomic E-state index is 12.9. The number of nitrogens with one attached hydrogen (secondary N) is 2. The first-order valence-electron chi connectivity index (χ1n) is 10.4. The van der Waals surface area contributed by atoms with Crippen molar-refractivity contribution in [2.75, 3.05) is 16.4 Å². The summed E-state index contributed by atoms with van der Waals surface area (Å²) >= 11 is 1.31. The van der Waals surface area contributed by atoms with Gasteiger partial charge < -0.3 is 10.6 Å². The average molecular weight is 455 g/mol. The summed E-state index contributed by atoms with van der Waals surface area (Å²) in [7, 11) is 0. The molecule has 4 rings (SSSR count). The van der Waals surface area contributed by atoms with Gasteiger partial charge in [-0.05, 0) is 31.2 Å². The third-order valence-electron chi connectivity index (χ3n) is 4.77. The number of benzene rings is 3. The Morgan fingerprint density at radius 3 is 2.18 bits per heavy atom. The van der Waals surface area contributed by atoms with Gasteiger partial charge in [0.1, 0.15) is 0 Å². The second kappa shape index (κ2) is 10.6. The van der Waals surface area contributed by atoms with E-state index in [1.165, 1.54) is 11.8 Å². The molecule has 0 fully saturated rings. The average Bonchev–Trinajstić information content (AvgIpc) is 2.85. The minimum Gasteiger partial charge on any atom is -0.325 e. The predicted molar refractivity (Wildman–Crippen MR) is 132 cm³/mol. The van der Waals surface area contributed by atoms with Gasteiger partial charge >= 0.3 is 0 Å². The fourth-order valence-corrected chi connectivity index (χ4v) is 3.93. The van der Waals surface area contributed by atoms with Gasteiger partial charge in [-0.25, -0.2) is 9.97 Å². The van der Waals surface area contributed by atoms with Gasteiger partial charge in [-0.3, -0.25) is 9.59 Å². The number of rotatable bonds is 7. The van der Waals surface area contributed by atoms with Crippen LogP contribution in [0.25, 0.3) is 11.4 Å². The molecule has 0 aliphatic rings. The number of hydrogen-bond donors (Lipinski definition) is 2. The Bertz CT molecular complexity index is 1240. The van der Waals surface area contributed by atoms with Crippen molar-refractivity contribution >= 4 is 35.0 Å².